The third kappa shape index (κ3) is 2.24. The van der Waals surface area contributed by atoms with Gasteiger partial charge in [-0.05, 0) is 43.7 Å². The van der Waals surface area contributed by atoms with E-state index in [0.29, 0.717) is 0 Å². The Morgan fingerprint density at radius 1 is 1.47 bits per heavy atom. The van der Waals surface area contributed by atoms with E-state index in [-0.39, 0.29) is 11.3 Å². The van der Waals surface area contributed by atoms with Crippen molar-refractivity contribution >= 4 is 10.8 Å². The second kappa shape index (κ2) is 5.19. The lowest BCUT2D eigenvalue weighted by Gasteiger charge is -2.17. The Balaban J connectivity index is 2.35. The van der Waals surface area contributed by atoms with Crippen molar-refractivity contribution in [3.05, 3.63) is 23.8 Å². The topological polar surface area (TPSA) is 38.3 Å². The van der Waals surface area contributed by atoms with Crippen LogP contribution in [0, 0.1) is 0 Å². The third-order valence-electron chi connectivity index (χ3n) is 3.19. The van der Waals surface area contributed by atoms with Crippen molar-refractivity contribution in [3.8, 4) is 5.75 Å². The molecule has 0 radical (unpaired) electrons. The van der Waals surface area contributed by atoms with Crippen LogP contribution in [-0.4, -0.2) is 23.1 Å². The van der Waals surface area contributed by atoms with Crippen molar-refractivity contribution in [2.75, 3.05) is 13.7 Å². The van der Waals surface area contributed by atoms with Crippen LogP contribution in [-0.2, 0) is 10.8 Å². The Morgan fingerprint density at radius 2 is 2.24 bits per heavy atom. The molecule has 2 rings (SSSR count). The summed E-state index contributed by atoms with van der Waals surface area (Å²) in [5, 5.41) is 3.60. The van der Waals surface area contributed by atoms with Gasteiger partial charge < -0.3 is 10.1 Å². The van der Waals surface area contributed by atoms with E-state index in [4.69, 9.17) is 4.74 Å². The zero-order valence-electron chi connectivity index (χ0n) is 10.5. The molecule has 0 aromatic heterocycles. The first-order chi connectivity index (χ1) is 8.19. The molecule has 1 aliphatic rings. The van der Waals surface area contributed by atoms with Gasteiger partial charge in [0.2, 0.25) is 0 Å². The molecule has 3 atom stereocenters. The predicted molar refractivity (Wildman–Crippen MR) is 69.9 cm³/mol. The smallest absolute Gasteiger partial charge is 0.119 e. The van der Waals surface area contributed by atoms with E-state index in [2.05, 4.69) is 12.2 Å². The molecule has 0 fully saturated rings. The van der Waals surface area contributed by atoms with Crippen LogP contribution in [0.4, 0.5) is 0 Å². The monoisotopic (exact) mass is 253 g/mol. The van der Waals surface area contributed by atoms with Crippen molar-refractivity contribution in [2.24, 2.45) is 0 Å². The van der Waals surface area contributed by atoms with Crippen molar-refractivity contribution < 1.29 is 8.95 Å². The third-order valence-corrected chi connectivity index (χ3v) is 4.94. The van der Waals surface area contributed by atoms with Gasteiger partial charge in [-0.25, -0.2) is 0 Å². The van der Waals surface area contributed by atoms with E-state index < -0.39 is 10.8 Å². The van der Waals surface area contributed by atoms with E-state index in [1.165, 1.54) is 0 Å². The van der Waals surface area contributed by atoms with Gasteiger partial charge in [-0.2, -0.15) is 0 Å². The lowest BCUT2D eigenvalue weighted by atomic mass is 10.0. The number of hydrogen-bond donors (Lipinski definition) is 1. The standard InChI is InChI=1S/C13H19NO2S/c1-4-7-14-13-9(2)17(15)12-6-5-10(16-3)8-11(12)13/h5-6,8-9,13-14H,4,7H2,1-3H3. The molecule has 3 nitrogen and oxygen atoms in total. The zero-order chi connectivity index (χ0) is 12.4. The van der Waals surface area contributed by atoms with Crippen molar-refractivity contribution in [2.45, 2.75) is 36.5 Å². The minimum absolute atomic E-state index is 0.128. The first-order valence-corrected chi connectivity index (χ1v) is 7.22. The number of ether oxygens (including phenoxy) is 1. The number of rotatable bonds is 4. The summed E-state index contributed by atoms with van der Waals surface area (Å²) in [6.45, 7) is 5.12. The molecular formula is C13H19NO2S. The Labute approximate surface area is 105 Å². The first kappa shape index (κ1) is 12.6. The van der Waals surface area contributed by atoms with E-state index in [0.717, 1.165) is 29.2 Å². The first-order valence-electron chi connectivity index (χ1n) is 6.01. The predicted octanol–water partition coefficient (Wildman–Crippen LogP) is 2.25. The van der Waals surface area contributed by atoms with Gasteiger partial charge in [-0.3, -0.25) is 4.21 Å². The van der Waals surface area contributed by atoms with Crippen LogP contribution in [0.5, 0.6) is 5.75 Å². The number of methoxy groups -OCH3 is 1. The van der Waals surface area contributed by atoms with Crippen LogP contribution in [0.25, 0.3) is 0 Å². The molecule has 0 saturated heterocycles. The van der Waals surface area contributed by atoms with E-state index >= 15 is 0 Å². The minimum atomic E-state index is -0.904. The fraction of sp³-hybridized carbons (Fsp3) is 0.538. The SMILES string of the molecule is CCCNC1c2cc(OC)ccc2S(=O)C1C. The molecule has 0 saturated carbocycles. The largest absolute Gasteiger partial charge is 0.497 e. The van der Waals surface area contributed by atoms with E-state index in [1.54, 1.807) is 7.11 Å². The molecule has 1 N–H and O–H groups in total. The summed E-state index contributed by atoms with van der Waals surface area (Å²) in [7, 11) is 0.754. The van der Waals surface area contributed by atoms with Crippen molar-refractivity contribution in [1.29, 1.82) is 0 Å². The summed E-state index contributed by atoms with van der Waals surface area (Å²) in [5.41, 5.74) is 1.13. The summed E-state index contributed by atoms with van der Waals surface area (Å²) in [5.74, 6) is 0.832. The summed E-state index contributed by atoms with van der Waals surface area (Å²) >= 11 is 0. The summed E-state index contributed by atoms with van der Waals surface area (Å²) in [6.07, 6.45) is 1.08. The highest BCUT2D eigenvalue weighted by Gasteiger charge is 2.35. The average Bonchev–Trinajstić information content (AvgIpc) is 2.59. The van der Waals surface area contributed by atoms with Gasteiger partial charge in [0.1, 0.15) is 5.75 Å². The molecule has 4 heteroatoms. The molecule has 0 amide bonds. The van der Waals surface area contributed by atoms with Crippen molar-refractivity contribution in [3.63, 3.8) is 0 Å². The fourth-order valence-corrected chi connectivity index (χ4v) is 3.74. The van der Waals surface area contributed by atoms with Gasteiger partial charge in [0, 0.05) is 10.9 Å². The van der Waals surface area contributed by atoms with Crippen molar-refractivity contribution in [1.82, 2.24) is 5.32 Å². The van der Waals surface area contributed by atoms with Crippen LogP contribution < -0.4 is 10.1 Å². The molecule has 0 bridgehead atoms. The molecule has 94 valence electrons. The van der Waals surface area contributed by atoms with Crippen LogP contribution in [0.2, 0.25) is 0 Å². The molecule has 1 aliphatic heterocycles. The zero-order valence-corrected chi connectivity index (χ0v) is 11.3. The second-order valence-corrected chi connectivity index (χ2v) is 6.12. The highest BCUT2D eigenvalue weighted by atomic mass is 32.2. The Hall–Kier alpha value is -0.870. The van der Waals surface area contributed by atoms with Gasteiger partial charge in [-0.15, -0.1) is 0 Å². The summed E-state index contributed by atoms with van der Waals surface area (Å²) < 4.78 is 17.4. The summed E-state index contributed by atoms with van der Waals surface area (Å²) in [4.78, 5) is 0.951. The quantitative estimate of drug-likeness (QED) is 0.894. The van der Waals surface area contributed by atoms with Crippen LogP contribution >= 0.6 is 0 Å². The normalized spacial score (nSPS) is 26.9. The Kier molecular flexibility index (Phi) is 3.84. The van der Waals surface area contributed by atoms with Crippen LogP contribution in [0.1, 0.15) is 31.9 Å². The molecule has 1 aromatic rings. The van der Waals surface area contributed by atoms with Gasteiger partial charge in [0.15, 0.2) is 0 Å². The molecule has 3 unspecified atom stereocenters. The van der Waals surface area contributed by atoms with Crippen LogP contribution in [0.15, 0.2) is 23.1 Å². The maximum Gasteiger partial charge on any atom is 0.119 e. The highest BCUT2D eigenvalue weighted by Crippen LogP contribution is 2.38. The number of benzene rings is 1. The Bertz CT molecular complexity index is 433. The molecule has 0 aliphatic carbocycles. The van der Waals surface area contributed by atoms with Gasteiger partial charge in [0.05, 0.1) is 23.2 Å². The van der Waals surface area contributed by atoms with E-state index in [9.17, 15) is 4.21 Å². The Morgan fingerprint density at radius 3 is 2.88 bits per heavy atom. The molecular weight excluding hydrogens is 234 g/mol. The number of nitrogens with one attached hydrogen (secondary N) is 1. The lowest BCUT2D eigenvalue weighted by Crippen LogP contribution is -2.28. The molecule has 1 heterocycles. The maximum atomic E-state index is 12.2. The van der Waals surface area contributed by atoms with Gasteiger partial charge in [0.25, 0.3) is 0 Å². The number of hydrogen-bond acceptors (Lipinski definition) is 3. The molecule has 0 spiro atoms. The number of fused-ring (bicyclic) bond motifs is 1. The molecule has 17 heavy (non-hydrogen) atoms. The maximum absolute atomic E-state index is 12.2. The van der Waals surface area contributed by atoms with Gasteiger partial charge >= 0.3 is 0 Å². The lowest BCUT2D eigenvalue weighted by molar-refractivity contribution is 0.412. The molecule has 1 aromatic carbocycles. The average molecular weight is 253 g/mol. The second-order valence-electron chi connectivity index (χ2n) is 4.34. The van der Waals surface area contributed by atoms with E-state index in [1.807, 2.05) is 25.1 Å². The summed E-state index contributed by atoms with van der Waals surface area (Å²) in [6, 6.07) is 5.99. The van der Waals surface area contributed by atoms with Crippen LogP contribution in [0.3, 0.4) is 0 Å². The van der Waals surface area contributed by atoms with Gasteiger partial charge in [-0.1, -0.05) is 6.92 Å². The minimum Gasteiger partial charge on any atom is -0.497 e. The highest BCUT2D eigenvalue weighted by molar-refractivity contribution is 7.86. The fourth-order valence-electron chi connectivity index (χ4n) is 2.23.